The van der Waals surface area contributed by atoms with E-state index in [4.69, 9.17) is 6.42 Å². The number of rotatable bonds is 7. The van der Waals surface area contributed by atoms with E-state index in [2.05, 4.69) is 44.0 Å². The zero-order chi connectivity index (χ0) is 11.0. The molecule has 1 N–H and O–H groups in total. The summed E-state index contributed by atoms with van der Waals surface area (Å²) >= 11 is 0. The Hall–Kier alpha value is -0.520. The van der Waals surface area contributed by atoms with Gasteiger partial charge in [0.2, 0.25) is 0 Å². The van der Waals surface area contributed by atoms with Crippen molar-refractivity contribution in [2.45, 2.75) is 45.7 Å². The number of hydrogen-bond acceptors (Lipinski definition) is 2. The molecule has 14 heavy (non-hydrogen) atoms. The van der Waals surface area contributed by atoms with E-state index in [1.54, 1.807) is 0 Å². The van der Waals surface area contributed by atoms with Gasteiger partial charge in [0, 0.05) is 12.1 Å². The molecular weight excluding hydrogens is 172 g/mol. The molecule has 0 bridgehead atoms. The summed E-state index contributed by atoms with van der Waals surface area (Å²) in [6, 6.07) is 1.17. The first kappa shape index (κ1) is 13.5. The summed E-state index contributed by atoms with van der Waals surface area (Å²) < 4.78 is 0. The third kappa shape index (κ3) is 6.94. The van der Waals surface area contributed by atoms with Crippen LogP contribution in [0.5, 0.6) is 0 Å². The molecule has 0 aliphatic rings. The lowest BCUT2D eigenvalue weighted by molar-refractivity contribution is 0.269. The van der Waals surface area contributed by atoms with Crippen LogP contribution in [0.2, 0.25) is 0 Å². The van der Waals surface area contributed by atoms with Gasteiger partial charge >= 0.3 is 0 Å². The molecule has 0 heterocycles. The lowest BCUT2D eigenvalue weighted by atomic mass is 10.1. The molecule has 0 aliphatic heterocycles. The molecule has 0 saturated heterocycles. The number of nitrogens with zero attached hydrogens (tertiary/aromatic N) is 1. The molecule has 0 fully saturated rings. The van der Waals surface area contributed by atoms with Crippen molar-refractivity contribution in [2.75, 3.05) is 20.1 Å². The molecule has 2 nitrogen and oxygen atoms in total. The molecule has 0 amide bonds. The maximum absolute atomic E-state index is 5.26. The number of terminal acetylenes is 1. The summed E-state index contributed by atoms with van der Waals surface area (Å²) in [7, 11) is 2.08. The molecule has 0 spiro atoms. The second kappa shape index (κ2) is 7.84. The topological polar surface area (TPSA) is 15.3 Å². The highest BCUT2D eigenvalue weighted by Gasteiger charge is 2.06. The summed E-state index contributed by atoms with van der Waals surface area (Å²) in [5, 5.41) is 3.41. The van der Waals surface area contributed by atoms with Crippen LogP contribution in [0.15, 0.2) is 0 Å². The summed E-state index contributed by atoms with van der Waals surface area (Å²) in [5.74, 6) is 2.67. The lowest BCUT2D eigenvalue weighted by Gasteiger charge is -2.22. The fraction of sp³-hybridized carbons (Fsp3) is 0.833. The Morgan fingerprint density at radius 1 is 1.36 bits per heavy atom. The standard InChI is InChI=1S/C12H24N2/c1-6-10-14(5)12(4)8-7-9-13-11(2)3/h1,11-13H,7-10H2,2-5H3. The van der Waals surface area contributed by atoms with Crippen molar-refractivity contribution in [1.29, 1.82) is 0 Å². The normalized spacial score (nSPS) is 13.2. The molecule has 0 aromatic carbocycles. The summed E-state index contributed by atoms with van der Waals surface area (Å²) in [6.07, 6.45) is 7.68. The Kier molecular flexibility index (Phi) is 7.55. The number of hydrogen-bond donors (Lipinski definition) is 1. The molecule has 0 rings (SSSR count). The van der Waals surface area contributed by atoms with Gasteiger partial charge in [-0.1, -0.05) is 19.8 Å². The smallest absolute Gasteiger partial charge is 0.0598 e. The van der Waals surface area contributed by atoms with Gasteiger partial charge < -0.3 is 5.32 Å². The third-order valence-corrected chi connectivity index (χ3v) is 2.44. The molecule has 0 aromatic rings. The van der Waals surface area contributed by atoms with E-state index in [1.807, 2.05) is 0 Å². The molecule has 2 heteroatoms. The molecule has 0 saturated carbocycles. The molecule has 0 aliphatic carbocycles. The fourth-order valence-corrected chi connectivity index (χ4v) is 1.31. The van der Waals surface area contributed by atoms with Gasteiger partial charge in [0.15, 0.2) is 0 Å². The van der Waals surface area contributed by atoms with Crippen LogP contribution < -0.4 is 5.32 Å². The van der Waals surface area contributed by atoms with Crippen LogP contribution in [0.25, 0.3) is 0 Å². The van der Waals surface area contributed by atoms with E-state index >= 15 is 0 Å². The summed E-state index contributed by atoms with van der Waals surface area (Å²) in [4.78, 5) is 2.22. The first-order valence-corrected chi connectivity index (χ1v) is 5.45. The Balaban J connectivity index is 3.44. The van der Waals surface area contributed by atoms with Gasteiger partial charge in [0.1, 0.15) is 0 Å². The van der Waals surface area contributed by atoms with E-state index < -0.39 is 0 Å². The second-order valence-electron chi connectivity index (χ2n) is 4.22. The highest BCUT2D eigenvalue weighted by Crippen LogP contribution is 2.02. The van der Waals surface area contributed by atoms with Crippen LogP contribution in [-0.4, -0.2) is 37.1 Å². The van der Waals surface area contributed by atoms with Gasteiger partial charge in [0.25, 0.3) is 0 Å². The van der Waals surface area contributed by atoms with Crippen molar-refractivity contribution in [3.8, 4) is 12.3 Å². The lowest BCUT2D eigenvalue weighted by Crippen LogP contribution is -2.31. The van der Waals surface area contributed by atoms with Crippen molar-refractivity contribution in [2.24, 2.45) is 0 Å². The Labute approximate surface area is 89.1 Å². The van der Waals surface area contributed by atoms with Gasteiger partial charge in [-0.2, -0.15) is 0 Å². The minimum absolute atomic E-state index is 0.583. The van der Waals surface area contributed by atoms with E-state index in [1.165, 1.54) is 12.8 Å². The molecule has 1 atom stereocenters. The van der Waals surface area contributed by atoms with Crippen molar-refractivity contribution in [3.05, 3.63) is 0 Å². The van der Waals surface area contributed by atoms with Crippen LogP contribution in [0.3, 0.4) is 0 Å². The zero-order valence-electron chi connectivity index (χ0n) is 10.0. The zero-order valence-corrected chi connectivity index (χ0v) is 10.0. The monoisotopic (exact) mass is 196 g/mol. The Bertz CT molecular complexity index is 170. The van der Waals surface area contributed by atoms with Gasteiger partial charge in [-0.15, -0.1) is 6.42 Å². The largest absolute Gasteiger partial charge is 0.315 e. The highest BCUT2D eigenvalue weighted by molar-refractivity contribution is 4.88. The average Bonchev–Trinajstić information content (AvgIpc) is 2.12. The van der Waals surface area contributed by atoms with Crippen LogP contribution in [0, 0.1) is 12.3 Å². The minimum atomic E-state index is 0.583. The van der Waals surface area contributed by atoms with E-state index in [0.29, 0.717) is 12.1 Å². The predicted molar refractivity (Wildman–Crippen MR) is 63.3 cm³/mol. The molecule has 82 valence electrons. The summed E-state index contributed by atoms with van der Waals surface area (Å²) in [5.41, 5.74) is 0. The molecule has 0 radical (unpaired) electrons. The van der Waals surface area contributed by atoms with Crippen LogP contribution in [0.1, 0.15) is 33.6 Å². The first-order chi connectivity index (χ1) is 6.57. The molecular formula is C12H24N2. The Morgan fingerprint density at radius 3 is 2.50 bits per heavy atom. The molecule has 1 unspecified atom stereocenters. The maximum atomic E-state index is 5.26. The van der Waals surface area contributed by atoms with E-state index in [-0.39, 0.29) is 0 Å². The highest BCUT2D eigenvalue weighted by atomic mass is 15.1. The minimum Gasteiger partial charge on any atom is -0.315 e. The van der Waals surface area contributed by atoms with Crippen molar-refractivity contribution < 1.29 is 0 Å². The van der Waals surface area contributed by atoms with E-state index in [9.17, 15) is 0 Å². The van der Waals surface area contributed by atoms with E-state index in [0.717, 1.165) is 13.1 Å². The second-order valence-corrected chi connectivity index (χ2v) is 4.22. The van der Waals surface area contributed by atoms with Crippen molar-refractivity contribution >= 4 is 0 Å². The maximum Gasteiger partial charge on any atom is 0.0598 e. The van der Waals surface area contributed by atoms with Crippen molar-refractivity contribution in [3.63, 3.8) is 0 Å². The van der Waals surface area contributed by atoms with Crippen molar-refractivity contribution in [1.82, 2.24) is 10.2 Å². The van der Waals surface area contributed by atoms with Gasteiger partial charge in [0.05, 0.1) is 6.54 Å². The SMILES string of the molecule is C#CCN(C)C(C)CCCNC(C)C. The quantitative estimate of drug-likeness (QED) is 0.493. The van der Waals surface area contributed by atoms with Crippen LogP contribution in [-0.2, 0) is 0 Å². The number of nitrogens with one attached hydrogen (secondary N) is 1. The van der Waals surface area contributed by atoms with Crippen LogP contribution >= 0.6 is 0 Å². The predicted octanol–water partition coefficient (Wildman–Crippen LogP) is 1.72. The fourth-order valence-electron chi connectivity index (χ4n) is 1.31. The van der Waals surface area contributed by atoms with Gasteiger partial charge in [-0.05, 0) is 33.4 Å². The third-order valence-electron chi connectivity index (χ3n) is 2.44. The van der Waals surface area contributed by atoms with Gasteiger partial charge in [-0.3, -0.25) is 4.90 Å². The van der Waals surface area contributed by atoms with Gasteiger partial charge in [-0.25, -0.2) is 0 Å². The average molecular weight is 196 g/mol. The van der Waals surface area contributed by atoms with Crippen LogP contribution in [0.4, 0.5) is 0 Å². The Morgan fingerprint density at radius 2 is 2.00 bits per heavy atom. The first-order valence-electron chi connectivity index (χ1n) is 5.45. The molecule has 0 aromatic heterocycles. The summed E-state index contributed by atoms with van der Waals surface area (Å²) in [6.45, 7) is 8.43.